The average Bonchev–Trinajstić information content (AvgIpc) is 3.98. The van der Waals surface area contributed by atoms with Crippen molar-refractivity contribution in [2.24, 2.45) is 5.92 Å². The number of amides is 3. The molecule has 0 bridgehead atoms. The van der Waals surface area contributed by atoms with Crippen molar-refractivity contribution in [3.05, 3.63) is 71.7 Å². The molecule has 4 heterocycles. The molecule has 54 heavy (non-hydrogen) atoms. The molecule has 4 aromatic rings. The van der Waals surface area contributed by atoms with Crippen molar-refractivity contribution >= 4 is 81.8 Å². The van der Waals surface area contributed by atoms with E-state index in [-0.39, 0.29) is 51.2 Å². The fraction of sp³-hybridized carbons (Fsp3) is 0.333. The summed E-state index contributed by atoms with van der Waals surface area (Å²) in [4.78, 5) is 55.3. The van der Waals surface area contributed by atoms with Gasteiger partial charge >= 0.3 is 0 Å². The van der Waals surface area contributed by atoms with Crippen molar-refractivity contribution in [2.75, 3.05) is 35.4 Å². The number of pyridine rings is 1. The Kier molecular flexibility index (Phi) is 10.1. The molecule has 1 aliphatic heterocycles. The second-order valence-electron chi connectivity index (χ2n) is 13.1. The van der Waals surface area contributed by atoms with Crippen molar-refractivity contribution < 1.29 is 27.9 Å². The number of fused-ring (bicyclic) bond motifs is 3. The van der Waals surface area contributed by atoms with Gasteiger partial charge in [-0.15, -0.1) is 10.2 Å². The number of hydrogen-bond acceptors (Lipinski definition) is 13. The number of sulfone groups is 1. The number of hydrogen-bond donors (Lipinski definition) is 4. The summed E-state index contributed by atoms with van der Waals surface area (Å²) < 4.78 is 25.0. The molecule has 2 aliphatic rings. The molecule has 1 saturated carbocycles. The van der Waals surface area contributed by atoms with Crippen molar-refractivity contribution in [3.63, 3.8) is 0 Å². The van der Waals surface area contributed by atoms with Gasteiger partial charge < -0.3 is 30.9 Å². The SMILES string of the molecule is [B]C([B])(O)NC(=O)c1nnc(NC(=O)C2CC2)cc1Nc1cccc2c1N(C)C(C)c1nc(C(=O)N(C)C([B])([B])c3cc(S(=O)(=O)CC)ccn3)ncc1-2. The third kappa shape index (κ3) is 7.55. The van der Waals surface area contributed by atoms with Crippen LogP contribution in [0.15, 0.2) is 53.7 Å². The van der Waals surface area contributed by atoms with Crippen LogP contribution in [0, 0.1) is 5.92 Å². The van der Waals surface area contributed by atoms with E-state index in [4.69, 9.17) is 31.4 Å². The minimum atomic E-state index is -3.61. The van der Waals surface area contributed by atoms with Gasteiger partial charge in [-0.3, -0.25) is 19.4 Å². The molecule has 3 amide bonds. The number of anilines is 4. The van der Waals surface area contributed by atoms with Crippen LogP contribution in [0.1, 0.15) is 65.2 Å². The third-order valence-corrected chi connectivity index (χ3v) is 10.9. The van der Waals surface area contributed by atoms with E-state index in [1.807, 2.05) is 30.3 Å². The van der Waals surface area contributed by atoms with Gasteiger partial charge in [0.15, 0.2) is 21.3 Å². The maximum absolute atomic E-state index is 13.8. The van der Waals surface area contributed by atoms with Gasteiger partial charge in [-0.25, -0.2) is 18.4 Å². The van der Waals surface area contributed by atoms with E-state index in [2.05, 4.69) is 35.8 Å². The van der Waals surface area contributed by atoms with E-state index in [0.717, 1.165) is 17.7 Å². The predicted octanol–water partition coefficient (Wildman–Crippen LogP) is 0.615. The number of benzene rings is 1. The monoisotopic (exact) mass is 740 g/mol. The standard InChI is InChI=1S/C33H32B4N10O6S/c1-5-54(52,53)18-11-12-38-23(13-18)32(34,35)47(4)31(50)28-39-15-20-19-7-6-8-21(27(19)46(3)16(2)25(20)42-28)40-22-14-24(41-29(48)17-9-10-17)44-45-26(22)30(49)43-33(36,37)51/h6-8,11-17,51H,5,9-10H2,1-4H3,(H,43,49)(H2,40,41,44,48). The summed E-state index contributed by atoms with van der Waals surface area (Å²) in [6.07, 6.45) is 4.27. The van der Waals surface area contributed by atoms with Crippen LogP contribution in [0.4, 0.5) is 22.9 Å². The zero-order valence-electron chi connectivity index (χ0n) is 29.7. The maximum Gasteiger partial charge on any atom is 0.290 e. The Morgan fingerprint density at radius 1 is 1.04 bits per heavy atom. The lowest BCUT2D eigenvalue weighted by atomic mass is 9.58. The van der Waals surface area contributed by atoms with Gasteiger partial charge in [-0.2, -0.15) is 0 Å². The maximum atomic E-state index is 13.8. The highest BCUT2D eigenvalue weighted by molar-refractivity contribution is 7.91. The van der Waals surface area contributed by atoms with Gasteiger partial charge in [-0.05, 0) is 38.0 Å². The highest BCUT2D eigenvalue weighted by Crippen LogP contribution is 2.47. The molecule has 1 unspecified atom stereocenters. The van der Waals surface area contributed by atoms with Gasteiger partial charge in [-0.1, -0.05) is 19.1 Å². The first-order valence-electron chi connectivity index (χ1n) is 16.7. The molecule has 16 nitrogen and oxygen atoms in total. The van der Waals surface area contributed by atoms with Crippen LogP contribution in [0.25, 0.3) is 11.1 Å². The Morgan fingerprint density at radius 2 is 1.76 bits per heavy atom. The Balaban J connectivity index is 1.34. The zero-order chi connectivity index (χ0) is 39.3. The molecule has 0 spiro atoms. The molecule has 4 N–H and O–H groups in total. The van der Waals surface area contributed by atoms with Crippen LogP contribution in [-0.2, 0) is 20.0 Å². The van der Waals surface area contributed by atoms with Gasteiger partial charge in [0.2, 0.25) is 11.7 Å². The normalized spacial score (nSPS) is 15.4. The molecule has 3 aromatic heterocycles. The summed E-state index contributed by atoms with van der Waals surface area (Å²) in [7, 11) is 23.1. The number of aliphatic hydroxyl groups is 1. The largest absolute Gasteiger partial charge is 0.390 e. The summed E-state index contributed by atoms with van der Waals surface area (Å²) in [6, 6.07) is 8.87. The molecule has 21 heteroatoms. The zero-order valence-corrected chi connectivity index (χ0v) is 30.5. The number of para-hydroxylation sites is 1. The minimum Gasteiger partial charge on any atom is -0.390 e. The lowest BCUT2D eigenvalue weighted by molar-refractivity contribution is -0.117. The molecule has 8 radical (unpaired) electrons. The summed E-state index contributed by atoms with van der Waals surface area (Å²) in [5.41, 5.74) is 0.155. The lowest BCUT2D eigenvalue weighted by Gasteiger charge is -2.38. The molecule has 1 fully saturated rings. The Morgan fingerprint density at radius 3 is 2.43 bits per heavy atom. The van der Waals surface area contributed by atoms with E-state index >= 15 is 0 Å². The molecule has 1 aromatic carbocycles. The molecular weight excluding hydrogens is 708 g/mol. The number of carbonyl (C=O) groups excluding carboxylic acids is 3. The topological polar surface area (TPSA) is 213 Å². The smallest absolute Gasteiger partial charge is 0.290 e. The third-order valence-electron chi connectivity index (χ3n) is 9.20. The summed E-state index contributed by atoms with van der Waals surface area (Å²) in [5.74, 6) is -2.33. The van der Waals surface area contributed by atoms with Crippen LogP contribution in [-0.4, -0.2) is 118 Å². The Bertz CT molecular complexity index is 2290. The molecule has 1 aliphatic carbocycles. The predicted molar refractivity (Wildman–Crippen MR) is 202 cm³/mol. The van der Waals surface area contributed by atoms with Crippen molar-refractivity contribution in [2.45, 2.75) is 48.5 Å². The van der Waals surface area contributed by atoms with Crippen LogP contribution >= 0.6 is 0 Å². The summed E-state index contributed by atoms with van der Waals surface area (Å²) >= 11 is 0. The fourth-order valence-electron chi connectivity index (χ4n) is 5.80. The Labute approximate surface area is 316 Å². The highest BCUT2D eigenvalue weighted by Gasteiger charge is 2.36. The summed E-state index contributed by atoms with van der Waals surface area (Å²) in [5, 5.41) is 23.7. The van der Waals surface area contributed by atoms with Crippen LogP contribution in [0.2, 0.25) is 0 Å². The first-order chi connectivity index (χ1) is 25.3. The molecule has 0 saturated heterocycles. The molecule has 6 rings (SSSR count). The lowest BCUT2D eigenvalue weighted by Crippen LogP contribution is -2.49. The van der Waals surface area contributed by atoms with Gasteiger partial charge in [0, 0.05) is 66.2 Å². The van der Waals surface area contributed by atoms with Crippen LogP contribution in [0.5, 0.6) is 0 Å². The second-order valence-corrected chi connectivity index (χ2v) is 15.4. The van der Waals surface area contributed by atoms with E-state index in [1.54, 1.807) is 12.1 Å². The minimum absolute atomic E-state index is 0.0377. The van der Waals surface area contributed by atoms with Crippen LogP contribution in [0.3, 0.4) is 0 Å². The number of aromatic nitrogens is 5. The number of carbonyl (C=O) groups is 3. The van der Waals surface area contributed by atoms with Crippen molar-refractivity contribution in [1.82, 2.24) is 35.4 Å². The van der Waals surface area contributed by atoms with Crippen molar-refractivity contribution in [3.8, 4) is 11.1 Å². The highest BCUT2D eigenvalue weighted by atomic mass is 32.2. The Hall–Kier alpha value is -5.29. The molecular formula is C33H32B4N10O6S. The van der Waals surface area contributed by atoms with E-state index < -0.39 is 38.6 Å². The number of rotatable bonds is 11. The first-order valence-corrected chi connectivity index (χ1v) is 18.3. The number of nitrogens with one attached hydrogen (secondary N) is 3. The van der Waals surface area contributed by atoms with Crippen LogP contribution < -0.4 is 20.9 Å². The van der Waals surface area contributed by atoms with Crippen molar-refractivity contribution in [1.29, 1.82) is 0 Å². The molecule has 1 atom stereocenters. The van der Waals surface area contributed by atoms with Gasteiger partial charge in [0.1, 0.15) is 15.7 Å². The second kappa shape index (κ2) is 14.2. The first kappa shape index (κ1) is 38.4. The fourth-order valence-corrected chi connectivity index (χ4v) is 6.69. The summed E-state index contributed by atoms with van der Waals surface area (Å²) in [6.45, 7) is 3.37. The van der Waals surface area contributed by atoms with E-state index in [1.165, 1.54) is 44.6 Å². The van der Waals surface area contributed by atoms with Gasteiger partial charge in [0.05, 0.1) is 55.1 Å². The van der Waals surface area contributed by atoms with E-state index in [9.17, 15) is 27.9 Å². The molecule has 268 valence electrons. The number of nitrogens with zero attached hydrogens (tertiary/aromatic N) is 7. The average molecular weight is 740 g/mol. The quantitative estimate of drug-likeness (QED) is 0.123. The van der Waals surface area contributed by atoms with E-state index in [0.29, 0.717) is 28.2 Å². The van der Waals surface area contributed by atoms with Gasteiger partial charge in [0.25, 0.3) is 11.8 Å².